The molecule has 0 fully saturated rings. The Morgan fingerprint density at radius 3 is 2.58 bits per heavy atom. The first kappa shape index (κ1) is 20.1. The van der Waals surface area contributed by atoms with E-state index in [0.717, 1.165) is 15.8 Å². The number of carbonyl (C=O) groups is 1. The van der Waals surface area contributed by atoms with Gasteiger partial charge < -0.3 is 14.8 Å². The van der Waals surface area contributed by atoms with Gasteiger partial charge in [-0.15, -0.1) is 5.10 Å². The van der Waals surface area contributed by atoms with Crippen molar-refractivity contribution >= 4 is 17.2 Å². The first-order chi connectivity index (χ1) is 14.9. The Labute approximate surface area is 177 Å². The number of hydrogen-bond donors (Lipinski definition) is 1. The van der Waals surface area contributed by atoms with Gasteiger partial charge >= 0.3 is 5.69 Å². The minimum atomic E-state index is -0.469. The van der Waals surface area contributed by atoms with E-state index in [1.807, 2.05) is 32.0 Å². The number of aryl methyl sites for hydroxylation is 2. The maximum Gasteiger partial charge on any atom is 0.351 e. The van der Waals surface area contributed by atoms with Crippen molar-refractivity contribution in [1.29, 1.82) is 0 Å². The molecule has 0 radical (unpaired) electrons. The molecule has 9 nitrogen and oxygen atoms in total. The first-order valence-electron chi connectivity index (χ1n) is 9.57. The fourth-order valence-electron chi connectivity index (χ4n) is 3.26. The number of benzene rings is 2. The van der Waals surface area contributed by atoms with Gasteiger partial charge in [0.15, 0.2) is 0 Å². The zero-order valence-electron chi connectivity index (χ0n) is 17.3. The molecular formula is C22H21N5O4. The molecule has 4 aromatic rings. The number of aromatic nitrogens is 4. The van der Waals surface area contributed by atoms with E-state index < -0.39 is 5.69 Å². The van der Waals surface area contributed by atoms with Gasteiger partial charge in [0.2, 0.25) is 11.6 Å². The van der Waals surface area contributed by atoms with Crippen molar-refractivity contribution in [2.24, 2.45) is 0 Å². The molecule has 9 heteroatoms. The minimum absolute atomic E-state index is 0.140. The largest absolute Gasteiger partial charge is 0.497 e. The van der Waals surface area contributed by atoms with E-state index in [-0.39, 0.29) is 24.0 Å². The molecule has 0 atom stereocenters. The van der Waals surface area contributed by atoms with Gasteiger partial charge in [0.1, 0.15) is 18.0 Å². The molecule has 31 heavy (non-hydrogen) atoms. The molecule has 4 rings (SSSR count). The Morgan fingerprint density at radius 2 is 1.84 bits per heavy atom. The van der Waals surface area contributed by atoms with Crippen molar-refractivity contribution in [3.8, 4) is 17.4 Å². The van der Waals surface area contributed by atoms with Crippen LogP contribution in [-0.2, 0) is 11.3 Å². The monoisotopic (exact) mass is 419 g/mol. The lowest BCUT2D eigenvalue weighted by atomic mass is 10.1. The predicted octanol–water partition coefficient (Wildman–Crippen LogP) is 2.95. The third-order valence-corrected chi connectivity index (χ3v) is 4.52. The van der Waals surface area contributed by atoms with Gasteiger partial charge in [-0.25, -0.2) is 18.9 Å². The number of rotatable bonds is 6. The summed E-state index contributed by atoms with van der Waals surface area (Å²) in [5, 5.41) is 7.06. The maximum absolute atomic E-state index is 12.7. The molecule has 0 saturated carbocycles. The van der Waals surface area contributed by atoms with Crippen LogP contribution in [0.4, 0.5) is 5.69 Å². The summed E-state index contributed by atoms with van der Waals surface area (Å²) >= 11 is 0. The van der Waals surface area contributed by atoms with E-state index in [0.29, 0.717) is 17.2 Å². The molecule has 2 heterocycles. The summed E-state index contributed by atoms with van der Waals surface area (Å²) < 4.78 is 13.4. The second kappa shape index (κ2) is 8.31. The summed E-state index contributed by atoms with van der Waals surface area (Å²) in [6.07, 6.45) is 2.91. The average Bonchev–Trinajstić information content (AvgIpc) is 3.04. The zero-order chi connectivity index (χ0) is 22.0. The third-order valence-electron chi connectivity index (χ3n) is 4.52. The van der Waals surface area contributed by atoms with Crippen molar-refractivity contribution in [3.63, 3.8) is 0 Å². The average molecular weight is 419 g/mol. The van der Waals surface area contributed by atoms with Crippen LogP contribution in [-0.4, -0.2) is 32.2 Å². The van der Waals surface area contributed by atoms with Gasteiger partial charge in [0.25, 0.3) is 5.88 Å². The van der Waals surface area contributed by atoms with Crippen molar-refractivity contribution in [2.45, 2.75) is 20.4 Å². The standard InChI is InChI=1S/C22H21N5O4/c1-14-9-15(2)11-16(10-14)24-19(28)13-27-22(29)26-8-7-23-21(20(26)25-27)31-18-6-4-5-17(12-18)30-3/h4-12H,13H2,1-3H3,(H,24,28). The Morgan fingerprint density at radius 1 is 1.10 bits per heavy atom. The highest BCUT2D eigenvalue weighted by atomic mass is 16.5. The normalized spacial score (nSPS) is 10.8. The van der Waals surface area contributed by atoms with Crippen molar-refractivity contribution < 1.29 is 14.3 Å². The van der Waals surface area contributed by atoms with E-state index >= 15 is 0 Å². The molecule has 0 aliphatic heterocycles. The number of nitrogens with one attached hydrogen (secondary N) is 1. The number of fused-ring (bicyclic) bond motifs is 1. The van der Waals surface area contributed by atoms with Crippen LogP contribution < -0.4 is 20.5 Å². The van der Waals surface area contributed by atoms with Crippen LogP contribution in [0.25, 0.3) is 5.65 Å². The lowest BCUT2D eigenvalue weighted by Crippen LogP contribution is -2.28. The van der Waals surface area contributed by atoms with Crippen LogP contribution in [0.3, 0.4) is 0 Å². The fraction of sp³-hybridized carbons (Fsp3) is 0.182. The van der Waals surface area contributed by atoms with Crippen LogP contribution in [0.1, 0.15) is 11.1 Å². The van der Waals surface area contributed by atoms with Gasteiger partial charge in [0.05, 0.1) is 7.11 Å². The van der Waals surface area contributed by atoms with Crippen molar-refractivity contribution in [3.05, 3.63) is 76.5 Å². The summed E-state index contributed by atoms with van der Waals surface area (Å²) in [4.78, 5) is 29.4. The molecule has 0 spiro atoms. The smallest absolute Gasteiger partial charge is 0.351 e. The summed E-state index contributed by atoms with van der Waals surface area (Å²) in [6, 6.07) is 12.7. The second-order valence-corrected chi connectivity index (χ2v) is 7.07. The number of nitrogens with zero attached hydrogens (tertiary/aromatic N) is 4. The highest BCUT2D eigenvalue weighted by molar-refractivity contribution is 5.90. The molecular weight excluding hydrogens is 398 g/mol. The number of anilines is 1. The fourth-order valence-corrected chi connectivity index (χ4v) is 3.26. The molecule has 2 aromatic carbocycles. The van der Waals surface area contributed by atoms with E-state index in [1.54, 1.807) is 31.4 Å². The van der Waals surface area contributed by atoms with Crippen molar-refractivity contribution in [2.75, 3.05) is 12.4 Å². The van der Waals surface area contributed by atoms with E-state index in [1.165, 1.54) is 16.8 Å². The van der Waals surface area contributed by atoms with Crippen molar-refractivity contribution in [1.82, 2.24) is 19.2 Å². The summed E-state index contributed by atoms with van der Waals surface area (Å²) in [5.74, 6) is 0.880. The van der Waals surface area contributed by atoms with E-state index in [4.69, 9.17) is 9.47 Å². The summed E-state index contributed by atoms with van der Waals surface area (Å²) in [6.45, 7) is 3.66. The molecule has 2 aromatic heterocycles. The highest BCUT2D eigenvalue weighted by Crippen LogP contribution is 2.25. The predicted molar refractivity (Wildman–Crippen MR) is 115 cm³/mol. The molecule has 1 amide bonds. The minimum Gasteiger partial charge on any atom is -0.497 e. The Kier molecular flexibility index (Phi) is 5.40. The van der Waals surface area contributed by atoms with Gasteiger partial charge in [-0.2, -0.15) is 0 Å². The number of ether oxygens (including phenoxy) is 2. The highest BCUT2D eigenvalue weighted by Gasteiger charge is 2.16. The van der Waals surface area contributed by atoms with Crippen LogP contribution in [0, 0.1) is 13.8 Å². The SMILES string of the molecule is COc1cccc(Oc2nccn3c(=O)n(CC(=O)Nc4cc(C)cc(C)c4)nc23)c1. The maximum atomic E-state index is 12.7. The number of amides is 1. The van der Waals surface area contributed by atoms with Gasteiger partial charge in [-0.1, -0.05) is 12.1 Å². The number of hydrogen-bond acceptors (Lipinski definition) is 6. The van der Waals surface area contributed by atoms with Gasteiger partial charge in [-0.05, 0) is 49.2 Å². The van der Waals surface area contributed by atoms with Crippen LogP contribution in [0.5, 0.6) is 17.4 Å². The first-order valence-corrected chi connectivity index (χ1v) is 9.57. The summed E-state index contributed by atoms with van der Waals surface area (Å²) in [5.41, 5.74) is 2.47. The van der Waals surface area contributed by atoms with Crippen LogP contribution in [0.15, 0.2) is 59.7 Å². The molecule has 0 aliphatic rings. The van der Waals surface area contributed by atoms with Crippen LogP contribution in [0.2, 0.25) is 0 Å². The Hall–Kier alpha value is -4.14. The molecule has 158 valence electrons. The molecule has 0 saturated heterocycles. The zero-order valence-corrected chi connectivity index (χ0v) is 17.3. The molecule has 1 N–H and O–H groups in total. The molecule has 0 unspecified atom stereocenters. The Bertz CT molecular complexity index is 1300. The number of carbonyl (C=O) groups excluding carboxylic acids is 1. The van der Waals surface area contributed by atoms with E-state index in [9.17, 15) is 9.59 Å². The molecule has 0 aliphatic carbocycles. The second-order valence-electron chi connectivity index (χ2n) is 7.07. The van der Waals surface area contributed by atoms with E-state index in [2.05, 4.69) is 15.4 Å². The van der Waals surface area contributed by atoms with Gasteiger partial charge in [-0.3, -0.25) is 4.79 Å². The topological polar surface area (TPSA) is 99.8 Å². The quantitative estimate of drug-likeness (QED) is 0.516. The Balaban J connectivity index is 1.59. The summed E-state index contributed by atoms with van der Waals surface area (Å²) in [7, 11) is 1.56. The third kappa shape index (κ3) is 4.40. The lowest BCUT2D eigenvalue weighted by Gasteiger charge is -2.07. The lowest BCUT2D eigenvalue weighted by molar-refractivity contribution is -0.117. The van der Waals surface area contributed by atoms with Crippen LogP contribution >= 0.6 is 0 Å². The molecule has 0 bridgehead atoms. The van der Waals surface area contributed by atoms with Gasteiger partial charge in [0, 0.05) is 24.1 Å². The number of methoxy groups -OCH3 is 1.